The molecule has 0 radical (unpaired) electrons. The first-order valence-electron chi connectivity index (χ1n) is 7.57. The van der Waals surface area contributed by atoms with Crippen molar-refractivity contribution < 1.29 is 9.47 Å². The zero-order chi connectivity index (χ0) is 15.0. The Morgan fingerprint density at radius 1 is 1.10 bits per heavy atom. The first kappa shape index (κ1) is 16.8. The Balaban J connectivity index is 2.84. The van der Waals surface area contributed by atoms with Crippen LogP contribution in [-0.2, 0) is 0 Å². The van der Waals surface area contributed by atoms with Crippen LogP contribution in [0.25, 0.3) is 0 Å². The number of hydrogen-bond acceptors (Lipinski definition) is 3. The standard InChI is InChI=1S/C17H29NO2/c1-6-18-16(9-7-8-13(2)3)15-11-10-14(19-4)12-17(15)20-5/h10-13,16,18H,6-9H2,1-5H3. The van der Waals surface area contributed by atoms with Gasteiger partial charge in [0.25, 0.3) is 0 Å². The number of rotatable bonds is 9. The Morgan fingerprint density at radius 2 is 1.85 bits per heavy atom. The van der Waals surface area contributed by atoms with E-state index in [1.807, 2.05) is 12.1 Å². The van der Waals surface area contributed by atoms with Crippen molar-refractivity contribution in [3.05, 3.63) is 23.8 Å². The van der Waals surface area contributed by atoms with Gasteiger partial charge in [-0.3, -0.25) is 0 Å². The predicted octanol–water partition coefficient (Wildman–Crippen LogP) is 4.18. The highest BCUT2D eigenvalue weighted by Gasteiger charge is 2.16. The van der Waals surface area contributed by atoms with Crippen molar-refractivity contribution in [3.8, 4) is 11.5 Å². The molecule has 0 aliphatic heterocycles. The zero-order valence-corrected chi connectivity index (χ0v) is 13.5. The lowest BCUT2D eigenvalue weighted by Crippen LogP contribution is -2.21. The van der Waals surface area contributed by atoms with Gasteiger partial charge in [-0.1, -0.05) is 39.7 Å². The lowest BCUT2D eigenvalue weighted by molar-refractivity contribution is 0.379. The molecule has 0 heterocycles. The van der Waals surface area contributed by atoms with Crippen molar-refractivity contribution in [2.24, 2.45) is 5.92 Å². The van der Waals surface area contributed by atoms with Gasteiger partial charge in [-0.25, -0.2) is 0 Å². The normalized spacial score (nSPS) is 12.5. The van der Waals surface area contributed by atoms with Gasteiger partial charge < -0.3 is 14.8 Å². The molecule has 0 spiro atoms. The van der Waals surface area contributed by atoms with Crippen LogP contribution in [0.1, 0.15) is 51.6 Å². The molecule has 0 aromatic heterocycles. The average molecular weight is 279 g/mol. The Bertz CT molecular complexity index is 391. The minimum absolute atomic E-state index is 0.347. The first-order chi connectivity index (χ1) is 9.62. The molecule has 0 aliphatic carbocycles. The van der Waals surface area contributed by atoms with E-state index < -0.39 is 0 Å². The minimum Gasteiger partial charge on any atom is -0.497 e. The first-order valence-corrected chi connectivity index (χ1v) is 7.57. The lowest BCUT2D eigenvalue weighted by Gasteiger charge is -2.21. The second kappa shape index (κ2) is 8.85. The number of ether oxygens (including phenoxy) is 2. The molecule has 114 valence electrons. The van der Waals surface area contributed by atoms with E-state index in [-0.39, 0.29) is 0 Å². The highest BCUT2D eigenvalue weighted by atomic mass is 16.5. The van der Waals surface area contributed by atoms with Crippen molar-refractivity contribution in [3.63, 3.8) is 0 Å². The third kappa shape index (κ3) is 5.04. The maximum atomic E-state index is 5.52. The molecule has 0 amide bonds. The van der Waals surface area contributed by atoms with Gasteiger partial charge in [0.1, 0.15) is 11.5 Å². The van der Waals surface area contributed by atoms with Gasteiger partial charge in [0.15, 0.2) is 0 Å². The average Bonchev–Trinajstić information content (AvgIpc) is 2.45. The molecule has 0 saturated carbocycles. The summed E-state index contributed by atoms with van der Waals surface area (Å²) in [5.74, 6) is 2.50. The summed E-state index contributed by atoms with van der Waals surface area (Å²) in [5, 5.41) is 3.56. The van der Waals surface area contributed by atoms with E-state index in [0.717, 1.165) is 30.4 Å². The van der Waals surface area contributed by atoms with Crippen molar-refractivity contribution in [1.29, 1.82) is 0 Å². The smallest absolute Gasteiger partial charge is 0.127 e. The predicted molar refractivity (Wildman–Crippen MR) is 84.7 cm³/mol. The summed E-state index contributed by atoms with van der Waals surface area (Å²) >= 11 is 0. The molecule has 20 heavy (non-hydrogen) atoms. The van der Waals surface area contributed by atoms with Gasteiger partial charge >= 0.3 is 0 Å². The van der Waals surface area contributed by atoms with Gasteiger partial charge in [0.2, 0.25) is 0 Å². The Hall–Kier alpha value is -1.22. The quantitative estimate of drug-likeness (QED) is 0.735. The number of nitrogens with one attached hydrogen (secondary N) is 1. The van der Waals surface area contributed by atoms with Crippen LogP contribution in [0.4, 0.5) is 0 Å². The minimum atomic E-state index is 0.347. The van der Waals surface area contributed by atoms with Crippen LogP contribution in [-0.4, -0.2) is 20.8 Å². The lowest BCUT2D eigenvalue weighted by atomic mass is 9.97. The van der Waals surface area contributed by atoms with Gasteiger partial charge in [-0.2, -0.15) is 0 Å². The van der Waals surface area contributed by atoms with Gasteiger partial charge in [-0.05, 0) is 24.9 Å². The van der Waals surface area contributed by atoms with E-state index in [9.17, 15) is 0 Å². The Labute approximate surface area is 123 Å². The summed E-state index contributed by atoms with van der Waals surface area (Å²) in [7, 11) is 3.40. The molecule has 1 atom stereocenters. The van der Waals surface area contributed by atoms with E-state index in [2.05, 4.69) is 32.2 Å². The molecular weight excluding hydrogens is 250 g/mol. The third-order valence-corrected chi connectivity index (χ3v) is 3.54. The SMILES string of the molecule is CCNC(CCCC(C)C)c1ccc(OC)cc1OC. The fourth-order valence-corrected chi connectivity index (χ4v) is 2.45. The van der Waals surface area contributed by atoms with E-state index in [1.165, 1.54) is 18.4 Å². The van der Waals surface area contributed by atoms with E-state index in [4.69, 9.17) is 9.47 Å². The maximum Gasteiger partial charge on any atom is 0.127 e. The van der Waals surface area contributed by atoms with Crippen LogP contribution in [0.15, 0.2) is 18.2 Å². The van der Waals surface area contributed by atoms with Gasteiger partial charge in [0, 0.05) is 17.7 Å². The highest BCUT2D eigenvalue weighted by molar-refractivity contribution is 5.42. The molecule has 3 nitrogen and oxygen atoms in total. The van der Waals surface area contributed by atoms with Crippen LogP contribution in [0, 0.1) is 5.92 Å². The molecule has 1 rings (SSSR count). The topological polar surface area (TPSA) is 30.5 Å². The number of benzene rings is 1. The molecule has 3 heteroatoms. The molecule has 1 unspecified atom stereocenters. The van der Waals surface area contributed by atoms with Crippen molar-refractivity contribution >= 4 is 0 Å². The monoisotopic (exact) mass is 279 g/mol. The van der Waals surface area contributed by atoms with Crippen molar-refractivity contribution in [1.82, 2.24) is 5.32 Å². The summed E-state index contributed by atoms with van der Waals surface area (Å²) in [6.45, 7) is 7.65. The second-order valence-electron chi connectivity index (χ2n) is 5.54. The van der Waals surface area contributed by atoms with Gasteiger partial charge in [0.05, 0.1) is 14.2 Å². The summed E-state index contributed by atoms with van der Waals surface area (Å²) in [6.07, 6.45) is 3.62. The number of hydrogen-bond donors (Lipinski definition) is 1. The third-order valence-electron chi connectivity index (χ3n) is 3.54. The summed E-state index contributed by atoms with van der Waals surface area (Å²) in [6, 6.07) is 6.42. The highest BCUT2D eigenvalue weighted by Crippen LogP contribution is 2.32. The fraction of sp³-hybridized carbons (Fsp3) is 0.647. The van der Waals surface area contributed by atoms with E-state index in [1.54, 1.807) is 14.2 Å². The zero-order valence-electron chi connectivity index (χ0n) is 13.5. The largest absolute Gasteiger partial charge is 0.497 e. The van der Waals surface area contributed by atoms with Crippen LogP contribution < -0.4 is 14.8 Å². The van der Waals surface area contributed by atoms with Crippen molar-refractivity contribution in [2.45, 2.75) is 46.1 Å². The maximum absolute atomic E-state index is 5.52. The summed E-state index contributed by atoms with van der Waals surface area (Å²) in [4.78, 5) is 0. The molecule has 0 aliphatic rings. The number of methoxy groups -OCH3 is 2. The van der Waals surface area contributed by atoms with Crippen molar-refractivity contribution in [2.75, 3.05) is 20.8 Å². The summed E-state index contributed by atoms with van der Waals surface area (Å²) < 4.78 is 10.8. The van der Waals surface area contributed by atoms with Crippen LogP contribution in [0.5, 0.6) is 11.5 Å². The van der Waals surface area contributed by atoms with Crippen LogP contribution in [0.2, 0.25) is 0 Å². The summed E-state index contributed by atoms with van der Waals surface area (Å²) in [5.41, 5.74) is 1.22. The second-order valence-corrected chi connectivity index (χ2v) is 5.54. The van der Waals surface area contributed by atoms with Crippen LogP contribution in [0.3, 0.4) is 0 Å². The molecule has 1 N–H and O–H groups in total. The van der Waals surface area contributed by atoms with Gasteiger partial charge in [-0.15, -0.1) is 0 Å². The molecule has 1 aromatic rings. The molecule has 1 aromatic carbocycles. The van der Waals surface area contributed by atoms with E-state index in [0.29, 0.717) is 6.04 Å². The molecule has 0 bridgehead atoms. The van der Waals surface area contributed by atoms with E-state index >= 15 is 0 Å². The molecule has 0 saturated heterocycles. The van der Waals surface area contributed by atoms with Crippen LogP contribution >= 0.6 is 0 Å². The Morgan fingerprint density at radius 3 is 2.40 bits per heavy atom. The molecular formula is C17H29NO2. The molecule has 0 fully saturated rings. The Kier molecular flexibility index (Phi) is 7.45. The fourth-order valence-electron chi connectivity index (χ4n) is 2.45.